The number of hydrogen-bond acceptors (Lipinski definition) is 3. The summed E-state index contributed by atoms with van der Waals surface area (Å²) >= 11 is 0. The van der Waals surface area contributed by atoms with Gasteiger partial charge in [0.25, 0.3) is 0 Å². The van der Waals surface area contributed by atoms with E-state index in [-0.39, 0.29) is 18.2 Å². The molecule has 1 aliphatic rings. The highest BCUT2D eigenvalue weighted by Crippen LogP contribution is 2.34. The van der Waals surface area contributed by atoms with Gasteiger partial charge in [-0.3, -0.25) is 9.59 Å². The summed E-state index contributed by atoms with van der Waals surface area (Å²) < 4.78 is 0. The Morgan fingerprint density at radius 1 is 1.26 bits per heavy atom. The van der Waals surface area contributed by atoms with Crippen molar-refractivity contribution in [2.45, 2.75) is 51.9 Å². The van der Waals surface area contributed by atoms with Crippen LogP contribution in [0, 0.1) is 11.3 Å². The predicted molar refractivity (Wildman–Crippen MR) is 73.6 cm³/mol. The fourth-order valence-electron chi connectivity index (χ4n) is 2.75. The number of carbonyl (C=O) groups excluding carboxylic acids is 1. The van der Waals surface area contributed by atoms with Gasteiger partial charge >= 0.3 is 5.97 Å². The summed E-state index contributed by atoms with van der Waals surface area (Å²) in [6.07, 6.45) is 6.22. The molecule has 0 aromatic heterocycles. The quantitative estimate of drug-likeness (QED) is 0.638. The zero-order chi connectivity index (χ0) is 14.3. The summed E-state index contributed by atoms with van der Waals surface area (Å²) in [4.78, 5) is 22.9. The van der Waals surface area contributed by atoms with Crippen LogP contribution in [0.2, 0.25) is 0 Å². The third-order valence-corrected chi connectivity index (χ3v) is 4.07. The molecule has 19 heavy (non-hydrogen) atoms. The first-order valence-corrected chi connectivity index (χ1v) is 7.20. The van der Waals surface area contributed by atoms with Gasteiger partial charge in [0.2, 0.25) is 5.91 Å². The maximum Gasteiger partial charge on any atom is 0.303 e. The van der Waals surface area contributed by atoms with Crippen LogP contribution in [0.5, 0.6) is 0 Å². The van der Waals surface area contributed by atoms with Crippen LogP contribution in [0.1, 0.15) is 51.9 Å². The second-order valence-corrected chi connectivity index (χ2v) is 5.81. The second-order valence-electron chi connectivity index (χ2n) is 5.81. The first kappa shape index (κ1) is 16.0. The summed E-state index contributed by atoms with van der Waals surface area (Å²) in [6, 6.07) is 0. The van der Waals surface area contributed by atoms with E-state index in [0.29, 0.717) is 13.1 Å². The molecular formula is C14H26N2O3. The van der Waals surface area contributed by atoms with Gasteiger partial charge in [-0.25, -0.2) is 0 Å². The van der Waals surface area contributed by atoms with Crippen molar-refractivity contribution >= 4 is 11.9 Å². The SMILES string of the molecule is CC(CNC(=O)C1(CN)CCCCCC1)CC(=O)O. The fourth-order valence-corrected chi connectivity index (χ4v) is 2.75. The molecule has 1 atom stereocenters. The van der Waals surface area contributed by atoms with E-state index in [4.69, 9.17) is 10.8 Å². The first-order valence-electron chi connectivity index (χ1n) is 7.20. The van der Waals surface area contributed by atoms with E-state index in [1.54, 1.807) is 0 Å². The van der Waals surface area contributed by atoms with Crippen molar-refractivity contribution in [3.63, 3.8) is 0 Å². The Labute approximate surface area is 114 Å². The number of hydrogen-bond donors (Lipinski definition) is 3. The minimum absolute atomic E-state index is 0.00846. The van der Waals surface area contributed by atoms with Crippen LogP contribution >= 0.6 is 0 Å². The molecule has 1 amide bonds. The molecule has 1 aliphatic carbocycles. The first-order chi connectivity index (χ1) is 9.00. The molecule has 0 heterocycles. The third kappa shape index (κ3) is 4.82. The van der Waals surface area contributed by atoms with Crippen LogP contribution in [0.25, 0.3) is 0 Å². The summed E-state index contributed by atoms with van der Waals surface area (Å²) in [5.41, 5.74) is 5.41. The molecule has 1 unspecified atom stereocenters. The van der Waals surface area contributed by atoms with Gasteiger partial charge in [-0.1, -0.05) is 32.6 Å². The van der Waals surface area contributed by atoms with Gasteiger partial charge in [-0.05, 0) is 18.8 Å². The zero-order valence-corrected chi connectivity index (χ0v) is 11.8. The molecule has 0 aliphatic heterocycles. The molecule has 0 spiro atoms. The average Bonchev–Trinajstić information content (AvgIpc) is 2.61. The van der Waals surface area contributed by atoms with E-state index in [1.807, 2.05) is 6.92 Å². The van der Waals surface area contributed by atoms with Crippen molar-refractivity contribution in [3.8, 4) is 0 Å². The van der Waals surface area contributed by atoms with E-state index < -0.39 is 11.4 Å². The Hall–Kier alpha value is -1.10. The maximum absolute atomic E-state index is 12.4. The van der Waals surface area contributed by atoms with E-state index in [0.717, 1.165) is 25.7 Å². The smallest absolute Gasteiger partial charge is 0.303 e. The molecular weight excluding hydrogens is 244 g/mol. The monoisotopic (exact) mass is 270 g/mol. The Morgan fingerprint density at radius 2 is 1.84 bits per heavy atom. The third-order valence-electron chi connectivity index (χ3n) is 4.07. The summed E-state index contributed by atoms with van der Waals surface area (Å²) in [5, 5.41) is 11.6. The maximum atomic E-state index is 12.4. The number of carbonyl (C=O) groups is 2. The van der Waals surface area contributed by atoms with E-state index in [1.165, 1.54) is 12.8 Å². The van der Waals surface area contributed by atoms with Crippen molar-refractivity contribution in [2.75, 3.05) is 13.1 Å². The molecule has 1 fully saturated rings. The van der Waals surface area contributed by atoms with Crippen molar-refractivity contribution in [2.24, 2.45) is 17.1 Å². The standard InChI is InChI=1S/C14H26N2O3/c1-11(8-12(17)18)9-16-13(19)14(10-15)6-4-2-3-5-7-14/h11H,2-10,15H2,1H3,(H,16,19)(H,17,18). The zero-order valence-electron chi connectivity index (χ0n) is 11.8. The van der Waals surface area contributed by atoms with Crippen LogP contribution < -0.4 is 11.1 Å². The summed E-state index contributed by atoms with van der Waals surface area (Å²) in [7, 11) is 0. The lowest BCUT2D eigenvalue weighted by molar-refractivity contribution is -0.138. The number of aliphatic carboxylic acids is 1. The van der Waals surface area contributed by atoms with Crippen molar-refractivity contribution in [1.29, 1.82) is 0 Å². The van der Waals surface area contributed by atoms with Crippen LogP contribution in [0.4, 0.5) is 0 Å². The average molecular weight is 270 g/mol. The number of rotatable bonds is 6. The largest absolute Gasteiger partial charge is 0.481 e. The van der Waals surface area contributed by atoms with Crippen molar-refractivity contribution in [1.82, 2.24) is 5.32 Å². The van der Waals surface area contributed by atoms with Gasteiger partial charge in [-0.2, -0.15) is 0 Å². The molecule has 5 nitrogen and oxygen atoms in total. The molecule has 0 radical (unpaired) electrons. The highest BCUT2D eigenvalue weighted by atomic mass is 16.4. The fraction of sp³-hybridized carbons (Fsp3) is 0.857. The number of nitrogens with one attached hydrogen (secondary N) is 1. The topological polar surface area (TPSA) is 92.4 Å². The molecule has 0 aromatic rings. The van der Waals surface area contributed by atoms with E-state index in [9.17, 15) is 9.59 Å². The van der Waals surface area contributed by atoms with Crippen LogP contribution in [0.15, 0.2) is 0 Å². The van der Waals surface area contributed by atoms with Crippen LogP contribution in [-0.4, -0.2) is 30.1 Å². The summed E-state index contributed by atoms with van der Waals surface area (Å²) in [5.74, 6) is -0.874. The molecule has 5 heteroatoms. The normalized spacial score (nSPS) is 20.3. The van der Waals surface area contributed by atoms with Crippen LogP contribution in [0.3, 0.4) is 0 Å². The molecule has 0 saturated heterocycles. The lowest BCUT2D eigenvalue weighted by Crippen LogP contribution is -2.46. The van der Waals surface area contributed by atoms with E-state index >= 15 is 0 Å². The molecule has 110 valence electrons. The molecule has 1 saturated carbocycles. The Kier molecular flexibility index (Phi) is 6.28. The molecule has 4 N–H and O–H groups in total. The van der Waals surface area contributed by atoms with Gasteiger partial charge in [0, 0.05) is 19.5 Å². The molecule has 0 aromatic carbocycles. The van der Waals surface area contributed by atoms with Gasteiger partial charge in [-0.15, -0.1) is 0 Å². The Balaban J connectivity index is 2.51. The highest BCUT2D eigenvalue weighted by Gasteiger charge is 2.37. The number of carboxylic acid groups (broad SMARTS) is 1. The minimum Gasteiger partial charge on any atom is -0.481 e. The highest BCUT2D eigenvalue weighted by molar-refractivity contribution is 5.83. The molecule has 1 rings (SSSR count). The van der Waals surface area contributed by atoms with Crippen LogP contribution in [-0.2, 0) is 9.59 Å². The van der Waals surface area contributed by atoms with Gasteiger partial charge in [0.05, 0.1) is 5.41 Å². The lowest BCUT2D eigenvalue weighted by Gasteiger charge is -2.30. The van der Waals surface area contributed by atoms with Crippen molar-refractivity contribution < 1.29 is 14.7 Å². The van der Waals surface area contributed by atoms with Gasteiger partial charge in [0.1, 0.15) is 0 Å². The number of carboxylic acids is 1. The van der Waals surface area contributed by atoms with E-state index in [2.05, 4.69) is 5.32 Å². The Morgan fingerprint density at radius 3 is 2.32 bits per heavy atom. The molecule has 0 bridgehead atoms. The summed E-state index contributed by atoms with van der Waals surface area (Å²) in [6.45, 7) is 2.62. The minimum atomic E-state index is -0.829. The second kappa shape index (κ2) is 7.48. The Bertz CT molecular complexity index is 310. The predicted octanol–water partition coefficient (Wildman–Crippen LogP) is 1.51. The van der Waals surface area contributed by atoms with Gasteiger partial charge in [0.15, 0.2) is 0 Å². The van der Waals surface area contributed by atoms with Crippen molar-refractivity contribution in [3.05, 3.63) is 0 Å². The van der Waals surface area contributed by atoms with Gasteiger partial charge < -0.3 is 16.2 Å². The lowest BCUT2D eigenvalue weighted by atomic mass is 9.79. The number of nitrogens with two attached hydrogens (primary N) is 1. The number of amides is 1.